The van der Waals surface area contributed by atoms with Crippen LogP contribution in [0.4, 0.5) is 10.5 Å². The lowest BCUT2D eigenvalue weighted by Gasteiger charge is -2.39. The van der Waals surface area contributed by atoms with E-state index >= 15 is 0 Å². The summed E-state index contributed by atoms with van der Waals surface area (Å²) in [5, 5.41) is 6.02. The Morgan fingerprint density at radius 3 is 2.85 bits per heavy atom. The van der Waals surface area contributed by atoms with E-state index in [0.29, 0.717) is 12.6 Å². The Balaban J connectivity index is 1.36. The molecule has 0 unspecified atom stereocenters. The highest BCUT2D eigenvalue weighted by Crippen LogP contribution is 2.48. The summed E-state index contributed by atoms with van der Waals surface area (Å²) in [6.45, 7) is 4.09. The van der Waals surface area contributed by atoms with Crippen LogP contribution in [0.2, 0.25) is 0 Å². The van der Waals surface area contributed by atoms with Gasteiger partial charge in [-0.1, -0.05) is 18.2 Å². The van der Waals surface area contributed by atoms with E-state index in [2.05, 4.69) is 21.6 Å². The van der Waals surface area contributed by atoms with Gasteiger partial charge in [0.25, 0.3) is 0 Å². The highest BCUT2D eigenvalue weighted by molar-refractivity contribution is 6.06. The highest BCUT2D eigenvalue weighted by atomic mass is 16.5. The van der Waals surface area contributed by atoms with E-state index in [4.69, 9.17) is 4.74 Å². The van der Waals surface area contributed by atoms with Crippen molar-refractivity contribution in [3.63, 3.8) is 0 Å². The second kappa shape index (κ2) is 6.91. The number of nitrogens with one attached hydrogen (secondary N) is 2. The molecule has 2 N–H and O–H groups in total. The average Bonchev–Trinajstić information content (AvgIpc) is 3.20. The molecule has 1 saturated heterocycles. The maximum atomic E-state index is 12.7. The minimum absolute atomic E-state index is 0.167. The summed E-state index contributed by atoms with van der Waals surface area (Å²) in [7, 11) is 0. The average molecular weight is 357 g/mol. The lowest BCUT2D eigenvalue weighted by atomic mass is 9.68. The molecule has 6 heteroatoms. The number of fused-ring (bicyclic) bond motifs is 2. The maximum absolute atomic E-state index is 12.7. The van der Waals surface area contributed by atoms with Crippen LogP contribution in [0.5, 0.6) is 0 Å². The zero-order chi connectivity index (χ0) is 18.1. The molecule has 1 spiro atoms. The minimum Gasteiger partial charge on any atom is -0.450 e. The van der Waals surface area contributed by atoms with E-state index < -0.39 is 0 Å². The first kappa shape index (κ1) is 17.3. The molecule has 1 aromatic carbocycles. The number of para-hydroxylation sites is 1. The monoisotopic (exact) mass is 357 g/mol. The van der Waals surface area contributed by atoms with Gasteiger partial charge in [-0.25, -0.2) is 4.79 Å². The van der Waals surface area contributed by atoms with Crippen LogP contribution in [0.1, 0.15) is 44.6 Å². The van der Waals surface area contributed by atoms with E-state index in [0.717, 1.165) is 50.9 Å². The summed E-state index contributed by atoms with van der Waals surface area (Å²) in [6, 6.07) is 8.77. The largest absolute Gasteiger partial charge is 0.450 e. The lowest BCUT2D eigenvalue weighted by Crippen LogP contribution is -2.45. The molecule has 0 bridgehead atoms. The molecule has 2 heterocycles. The fourth-order valence-corrected chi connectivity index (χ4v) is 4.91. The second-order valence-electron chi connectivity index (χ2n) is 7.66. The number of carbonyl (C=O) groups excluding carboxylic acids is 2. The van der Waals surface area contributed by atoms with Gasteiger partial charge in [0.2, 0.25) is 5.91 Å². The van der Waals surface area contributed by atoms with Crippen molar-refractivity contribution in [3.8, 4) is 0 Å². The van der Waals surface area contributed by atoms with Gasteiger partial charge in [-0.15, -0.1) is 0 Å². The van der Waals surface area contributed by atoms with Crippen molar-refractivity contribution in [2.75, 3.05) is 25.0 Å². The number of nitrogens with zero attached hydrogens (tertiary/aromatic N) is 1. The number of benzene rings is 1. The van der Waals surface area contributed by atoms with E-state index in [9.17, 15) is 9.59 Å². The topological polar surface area (TPSA) is 70.7 Å². The summed E-state index contributed by atoms with van der Waals surface area (Å²) in [5.41, 5.74) is 1.82. The smallest absolute Gasteiger partial charge is 0.407 e. The Bertz CT molecular complexity index is 697. The molecular weight excluding hydrogens is 330 g/mol. The number of likely N-dealkylation sites (tertiary alicyclic amines) is 1. The molecule has 4 rings (SSSR count). The van der Waals surface area contributed by atoms with Crippen molar-refractivity contribution >= 4 is 17.7 Å². The Hall–Kier alpha value is -2.08. The van der Waals surface area contributed by atoms with Crippen LogP contribution in [0.15, 0.2) is 24.3 Å². The van der Waals surface area contributed by atoms with Crippen molar-refractivity contribution in [2.45, 2.75) is 56.5 Å². The number of alkyl carbamates (subject to hydrolysis) is 1. The molecule has 1 atom stereocenters. The van der Waals surface area contributed by atoms with Gasteiger partial charge in [-0.3, -0.25) is 9.69 Å². The standard InChI is InChI=1S/C20H27N3O3/c1-2-26-19(25)21-14-9-12-23(13-14)15-7-10-20(11-8-15)16-5-3-4-6-17(16)22-18(20)24/h3-6,14-15H,2,7-13H2,1H3,(H,21,25)(H,22,24)/t14-,15?,20?/m1/s1. The van der Waals surface area contributed by atoms with Crippen LogP contribution in [-0.2, 0) is 14.9 Å². The molecule has 6 nitrogen and oxygen atoms in total. The van der Waals surface area contributed by atoms with Crippen molar-refractivity contribution in [3.05, 3.63) is 29.8 Å². The van der Waals surface area contributed by atoms with Gasteiger partial charge in [-0.05, 0) is 50.7 Å². The number of hydrogen-bond donors (Lipinski definition) is 2. The number of hydrogen-bond acceptors (Lipinski definition) is 4. The fraction of sp³-hybridized carbons (Fsp3) is 0.600. The molecule has 2 amide bonds. The molecule has 1 aliphatic carbocycles. The molecule has 2 aliphatic heterocycles. The first-order valence-electron chi connectivity index (χ1n) is 9.70. The Kier molecular flexibility index (Phi) is 4.61. The number of anilines is 1. The van der Waals surface area contributed by atoms with Crippen LogP contribution in [0, 0.1) is 0 Å². The third-order valence-corrected chi connectivity index (χ3v) is 6.27. The molecule has 140 valence electrons. The fourth-order valence-electron chi connectivity index (χ4n) is 4.91. The predicted molar refractivity (Wildman–Crippen MR) is 99.1 cm³/mol. The van der Waals surface area contributed by atoms with Gasteiger partial charge in [0.15, 0.2) is 0 Å². The second-order valence-corrected chi connectivity index (χ2v) is 7.66. The number of amides is 2. The van der Waals surface area contributed by atoms with Crippen LogP contribution >= 0.6 is 0 Å². The normalized spacial score (nSPS) is 30.9. The van der Waals surface area contributed by atoms with Gasteiger partial charge < -0.3 is 15.4 Å². The molecular formula is C20H27N3O3. The van der Waals surface area contributed by atoms with Gasteiger partial charge in [0.05, 0.1) is 12.0 Å². The molecule has 3 aliphatic rings. The zero-order valence-electron chi connectivity index (χ0n) is 15.3. The van der Waals surface area contributed by atoms with E-state index in [-0.39, 0.29) is 23.5 Å². The molecule has 26 heavy (non-hydrogen) atoms. The van der Waals surface area contributed by atoms with E-state index in [1.807, 2.05) is 25.1 Å². The Morgan fingerprint density at radius 2 is 2.08 bits per heavy atom. The first-order chi connectivity index (χ1) is 12.6. The molecule has 0 aromatic heterocycles. The molecule has 1 saturated carbocycles. The van der Waals surface area contributed by atoms with Crippen molar-refractivity contribution in [1.82, 2.24) is 10.2 Å². The quantitative estimate of drug-likeness (QED) is 0.872. The van der Waals surface area contributed by atoms with Crippen molar-refractivity contribution in [2.24, 2.45) is 0 Å². The first-order valence-corrected chi connectivity index (χ1v) is 9.70. The number of carbonyl (C=O) groups is 2. The third kappa shape index (κ3) is 2.96. The lowest BCUT2D eigenvalue weighted by molar-refractivity contribution is -0.122. The molecule has 0 radical (unpaired) electrons. The molecule has 2 fully saturated rings. The van der Waals surface area contributed by atoms with E-state index in [1.54, 1.807) is 0 Å². The zero-order valence-corrected chi connectivity index (χ0v) is 15.3. The van der Waals surface area contributed by atoms with Crippen molar-refractivity contribution in [1.29, 1.82) is 0 Å². The van der Waals surface area contributed by atoms with Gasteiger partial charge in [0, 0.05) is 30.9 Å². The molecule has 1 aromatic rings. The number of rotatable bonds is 3. The van der Waals surface area contributed by atoms with Crippen LogP contribution in [0.3, 0.4) is 0 Å². The number of ether oxygens (including phenoxy) is 1. The Labute approximate surface area is 154 Å². The predicted octanol–water partition coefficient (Wildman–Crippen LogP) is 2.64. The van der Waals surface area contributed by atoms with Gasteiger partial charge in [-0.2, -0.15) is 0 Å². The SMILES string of the molecule is CCOC(=O)N[C@@H]1CCN(C2CCC3(CC2)C(=O)Nc2ccccc23)C1. The van der Waals surface area contributed by atoms with Crippen molar-refractivity contribution < 1.29 is 14.3 Å². The summed E-state index contributed by atoms with van der Waals surface area (Å²) < 4.78 is 4.98. The highest BCUT2D eigenvalue weighted by Gasteiger charge is 2.49. The van der Waals surface area contributed by atoms with Crippen LogP contribution in [-0.4, -0.2) is 48.7 Å². The van der Waals surface area contributed by atoms with Gasteiger partial charge in [0.1, 0.15) is 0 Å². The van der Waals surface area contributed by atoms with Gasteiger partial charge >= 0.3 is 6.09 Å². The summed E-state index contributed by atoms with van der Waals surface area (Å²) in [4.78, 5) is 26.8. The Morgan fingerprint density at radius 1 is 1.31 bits per heavy atom. The summed E-state index contributed by atoms with van der Waals surface area (Å²) in [5.74, 6) is 0.167. The third-order valence-electron chi connectivity index (χ3n) is 6.27. The van der Waals surface area contributed by atoms with Crippen LogP contribution < -0.4 is 10.6 Å². The van der Waals surface area contributed by atoms with E-state index in [1.165, 1.54) is 5.56 Å². The summed E-state index contributed by atoms with van der Waals surface area (Å²) >= 11 is 0. The van der Waals surface area contributed by atoms with Crippen LogP contribution in [0.25, 0.3) is 0 Å². The maximum Gasteiger partial charge on any atom is 0.407 e. The summed E-state index contributed by atoms with van der Waals surface area (Å²) in [6.07, 6.45) is 4.48. The minimum atomic E-state index is -0.338.